The van der Waals surface area contributed by atoms with Crippen LogP contribution >= 0.6 is 0 Å². The van der Waals surface area contributed by atoms with Crippen LogP contribution in [-0.2, 0) is 14.3 Å². The first-order valence-electron chi connectivity index (χ1n) is 32.8. The summed E-state index contributed by atoms with van der Waals surface area (Å²) in [5.74, 6) is -0.0589. The Morgan fingerprint density at radius 2 is 0.685 bits per heavy atom. The van der Waals surface area contributed by atoms with E-state index < -0.39 is 12.1 Å². The summed E-state index contributed by atoms with van der Waals surface area (Å²) in [5.41, 5.74) is 0. The zero-order valence-electron chi connectivity index (χ0n) is 49.1. The monoisotopic (exact) mass is 1030 g/mol. The maximum absolute atomic E-state index is 12.4. The molecule has 3 N–H and O–H groups in total. The maximum atomic E-state index is 12.4. The van der Waals surface area contributed by atoms with Gasteiger partial charge in [-0.05, 0) is 64.2 Å². The standard InChI is InChI=1S/C67H127NO5/c1-3-5-7-9-11-13-14-15-16-35-38-41-45-49-53-57-61-67(72)73-62-58-54-50-46-42-39-36-33-31-29-27-25-23-21-19-17-18-20-22-24-26-28-30-32-34-37-40-44-48-52-56-60-66(71)68-64(63-69)65(70)59-55-51-47-43-12-10-8-6-4-2/h13-14,16,35,55,59,64-65,69-70H,3-12,15,17-34,36-54,56-58,60-63H2,1-2H3,(H,68,71)/b14-13-,35-16-,59-55+. The normalized spacial score (nSPS) is 12.8. The lowest BCUT2D eigenvalue weighted by molar-refractivity contribution is -0.143. The van der Waals surface area contributed by atoms with Crippen LogP contribution in [0.5, 0.6) is 0 Å². The minimum atomic E-state index is -0.839. The van der Waals surface area contributed by atoms with Crippen LogP contribution in [0.1, 0.15) is 354 Å². The predicted octanol–water partition coefficient (Wildman–Crippen LogP) is 20.8. The number of esters is 1. The zero-order valence-corrected chi connectivity index (χ0v) is 49.1. The number of rotatable bonds is 61. The molecular weight excluding hydrogens is 899 g/mol. The second-order valence-corrected chi connectivity index (χ2v) is 22.5. The largest absolute Gasteiger partial charge is 0.466 e. The molecule has 2 atom stereocenters. The van der Waals surface area contributed by atoms with E-state index in [0.29, 0.717) is 19.4 Å². The number of carbonyl (C=O) groups is 2. The maximum Gasteiger partial charge on any atom is 0.305 e. The van der Waals surface area contributed by atoms with Crippen LogP contribution in [0.2, 0.25) is 0 Å². The van der Waals surface area contributed by atoms with Gasteiger partial charge in [0.1, 0.15) is 0 Å². The van der Waals surface area contributed by atoms with Crippen LogP contribution in [0.15, 0.2) is 36.5 Å². The van der Waals surface area contributed by atoms with Crippen LogP contribution in [0, 0.1) is 0 Å². The molecule has 73 heavy (non-hydrogen) atoms. The Labute approximate surface area is 455 Å². The molecular formula is C67H127NO5. The number of hydrogen-bond acceptors (Lipinski definition) is 5. The van der Waals surface area contributed by atoms with Gasteiger partial charge in [-0.2, -0.15) is 0 Å². The number of ether oxygens (including phenoxy) is 1. The van der Waals surface area contributed by atoms with Crippen molar-refractivity contribution >= 4 is 11.9 Å². The minimum absolute atomic E-state index is 0.00683. The highest BCUT2D eigenvalue weighted by atomic mass is 16.5. The molecule has 0 aliphatic carbocycles. The Morgan fingerprint density at radius 1 is 0.384 bits per heavy atom. The fourth-order valence-corrected chi connectivity index (χ4v) is 10.1. The van der Waals surface area contributed by atoms with Crippen molar-refractivity contribution in [3.63, 3.8) is 0 Å². The molecule has 0 saturated carbocycles. The number of hydrogen-bond donors (Lipinski definition) is 3. The summed E-state index contributed by atoms with van der Waals surface area (Å²) in [4.78, 5) is 24.5. The first-order valence-corrected chi connectivity index (χ1v) is 32.8. The van der Waals surface area contributed by atoms with Gasteiger partial charge in [-0.3, -0.25) is 9.59 Å². The quantitative estimate of drug-likeness (QED) is 0.0320. The Kier molecular flexibility index (Phi) is 61.0. The number of carbonyl (C=O) groups excluding carboxylic acids is 2. The summed E-state index contributed by atoms with van der Waals surface area (Å²) >= 11 is 0. The van der Waals surface area contributed by atoms with Crippen LogP contribution in [0.3, 0.4) is 0 Å². The number of aliphatic hydroxyl groups is 2. The van der Waals surface area contributed by atoms with Gasteiger partial charge in [0.25, 0.3) is 0 Å². The molecule has 0 spiro atoms. The van der Waals surface area contributed by atoms with Crippen molar-refractivity contribution in [2.24, 2.45) is 0 Å². The second-order valence-electron chi connectivity index (χ2n) is 22.5. The summed E-state index contributed by atoms with van der Waals surface area (Å²) in [6.07, 6.45) is 79.4. The highest BCUT2D eigenvalue weighted by Crippen LogP contribution is 2.18. The lowest BCUT2D eigenvalue weighted by Gasteiger charge is -2.20. The molecule has 0 aromatic carbocycles. The zero-order chi connectivity index (χ0) is 52.9. The number of aliphatic hydroxyl groups excluding tert-OH is 2. The Bertz CT molecular complexity index is 1180. The number of unbranched alkanes of at least 4 members (excludes halogenated alkanes) is 46. The average molecular weight is 1030 g/mol. The van der Waals surface area contributed by atoms with Gasteiger partial charge in [-0.15, -0.1) is 0 Å². The molecule has 0 aliphatic rings. The topological polar surface area (TPSA) is 95.9 Å². The molecule has 0 radical (unpaired) electrons. The van der Waals surface area contributed by atoms with Gasteiger partial charge in [0.15, 0.2) is 0 Å². The molecule has 1 amide bonds. The highest BCUT2D eigenvalue weighted by Gasteiger charge is 2.18. The fourth-order valence-electron chi connectivity index (χ4n) is 10.1. The van der Waals surface area contributed by atoms with Crippen molar-refractivity contribution in [2.75, 3.05) is 13.2 Å². The third-order valence-corrected chi connectivity index (χ3v) is 15.2. The number of amides is 1. The predicted molar refractivity (Wildman–Crippen MR) is 319 cm³/mol. The first kappa shape index (κ1) is 71.1. The molecule has 0 fully saturated rings. The molecule has 0 bridgehead atoms. The molecule has 0 aliphatic heterocycles. The van der Waals surface area contributed by atoms with Gasteiger partial charge in [-0.25, -0.2) is 0 Å². The van der Waals surface area contributed by atoms with Gasteiger partial charge >= 0.3 is 5.97 Å². The molecule has 0 heterocycles. The van der Waals surface area contributed by atoms with Gasteiger partial charge in [0, 0.05) is 12.8 Å². The SMILES string of the molecule is CCCCCC/C=C\C/C=C\CCCCCCCC(=O)OCCCCCCCCCCCCCCCCCCCCCCCCCCCCCCCCCC(=O)NC(CO)C(O)/C=C/CCCCCCCCC. The molecule has 0 aromatic heterocycles. The molecule has 0 saturated heterocycles. The van der Waals surface area contributed by atoms with Crippen molar-refractivity contribution < 1.29 is 24.5 Å². The van der Waals surface area contributed by atoms with Gasteiger partial charge in [-0.1, -0.05) is 314 Å². The highest BCUT2D eigenvalue weighted by molar-refractivity contribution is 5.76. The van der Waals surface area contributed by atoms with E-state index in [2.05, 4.69) is 43.5 Å². The van der Waals surface area contributed by atoms with Crippen molar-refractivity contribution in [1.82, 2.24) is 5.32 Å². The number of nitrogens with one attached hydrogen (secondary N) is 1. The van der Waals surface area contributed by atoms with E-state index in [1.807, 2.05) is 6.08 Å². The van der Waals surface area contributed by atoms with Crippen LogP contribution in [0.25, 0.3) is 0 Å². The van der Waals surface area contributed by atoms with E-state index in [1.165, 1.54) is 276 Å². The summed E-state index contributed by atoms with van der Waals surface area (Å²) in [5, 5.41) is 23.0. The average Bonchev–Trinajstić information content (AvgIpc) is 3.39. The second kappa shape index (κ2) is 62.6. The molecule has 430 valence electrons. The molecule has 6 heteroatoms. The lowest BCUT2D eigenvalue weighted by atomic mass is 10.0. The molecule has 6 nitrogen and oxygen atoms in total. The van der Waals surface area contributed by atoms with E-state index >= 15 is 0 Å². The van der Waals surface area contributed by atoms with Gasteiger partial charge < -0.3 is 20.3 Å². The Balaban J connectivity index is 3.31. The number of allylic oxidation sites excluding steroid dienone is 5. The van der Waals surface area contributed by atoms with Crippen molar-refractivity contribution in [3.8, 4) is 0 Å². The van der Waals surface area contributed by atoms with E-state index in [-0.39, 0.29) is 18.5 Å². The molecule has 2 unspecified atom stereocenters. The van der Waals surface area contributed by atoms with E-state index in [4.69, 9.17) is 4.74 Å². The summed E-state index contributed by atoms with van der Waals surface area (Å²) in [6.45, 7) is 4.87. The Hall–Kier alpha value is -1.92. The Morgan fingerprint density at radius 3 is 1.05 bits per heavy atom. The first-order chi connectivity index (χ1) is 36.0. The third-order valence-electron chi connectivity index (χ3n) is 15.2. The smallest absolute Gasteiger partial charge is 0.305 e. The van der Waals surface area contributed by atoms with Crippen LogP contribution in [-0.4, -0.2) is 47.4 Å². The van der Waals surface area contributed by atoms with E-state index in [1.54, 1.807) is 6.08 Å². The molecule has 0 rings (SSSR count). The van der Waals surface area contributed by atoms with E-state index in [0.717, 1.165) is 51.4 Å². The summed E-state index contributed by atoms with van der Waals surface area (Å²) < 4.78 is 5.49. The molecule has 0 aromatic rings. The van der Waals surface area contributed by atoms with Crippen LogP contribution in [0.4, 0.5) is 0 Å². The van der Waals surface area contributed by atoms with E-state index in [9.17, 15) is 19.8 Å². The van der Waals surface area contributed by atoms with Crippen molar-refractivity contribution in [2.45, 2.75) is 366 Å². The summed E-state index contributed by atoms with van der Waals surface area (Å²) in [6, 6.07) is -0.622. The van der Waals surface area contributed by atoms with Crippen molar-refractivity contribution in [1.29, 1.82) is 0 Å². The van der Waals surface area contributed by atoms with Gasteiger partial charge in [0.05, 0.1) is 25.4 Å². The van der Waals surface area contributed by atoms with Crippen LogP contribution < -0.4 is 5.32 Å². The third kappa shape index (κ3) is 59.2. The van der Waals surface area contributed by atoms with Gasteiger partial charge in [0.2, 0.25) is 5.91 Å². The minimum Gasteiger partial charge on any atom is -0.466 e. The summed E-state index contributed by atoms with van der Waals surface area (Å²) in [7, 11) is 0. The fraction of sp³-hybridized carbons (Fsp3) is 0.881. The lowest BCUT2D eigenvalue weighted by Crippen LogP contribution is -2.45. The van der Waals surface area contributed by atoms with Crippen molar-refractivity contribution in [3.05, 3.63) is 36.5 Å².